The number of anilines is 1. The summed E-state index contributed by atoms with van der Waals surface area (Å²) in [5.41, 5.74) is 1.04. The van der Waals surface area contributed by atoms with Gasteiger partial charge in [0.1, 0.15) is 5.82 Å². The lowest BCUT2D eigenvalue weighted by Gasteiger charge is -2.27. The van der Waals surface area contributed by atoms with E-state index < -0.39 is 0 Å². The monoisotopic (exact) mass is 213 g/mol. The molecule has 3 nitrogen and oxygen atoms in total. The molecule has 1 aliphatic rings. The van der Waals surface area contributed by atoms with Gasteiger partial charge in [0.15, 0.2) is 0 Å². The second kappa shape index (κ2) is 4.08. The Balaban J connectivity index is 1.97. The van der Waals surface area contributed by atoms with E-state index in [9.17, 15) is 0 Å². The van der Waals surface area contributed by atoms with Crippen molar-refractivity contribution in [2.24, 2.45) is 0 Å². The third-order valence-electron chi connectivity index (χ3n) is 3.15. The molecule has 2 aromatic rings. The van der Waals surface area contributed by atoms with Crippen LogP contribution in [0.15, 0.2) is 30.6 Å². The van der Waals surface area contributed by atoms with Gasteiger partial charge in [-0.3, -0.25) is 4.98 Å². The zero-order valence-electron chi connectivity index (χ0n) is 9.26. The van der Waals surface area contributed by atoms with Crippen molar-refractivity contribution in [2.75, 3.05) is 18.0 Å². The molecule has 0 bridgehead atoms. The van der Waals surface area contributed by atoms with Crippen molar-refractivity contribution in [2.45, 2.75) is 19.3 Å². The van der Waals surface area contributed by atoms with Crippen LogP contribution in [0.4, 0.5) is 5.82 Å². The summed E-state index contributed by atoms with van der Waals surface area (Å²) in [7, 11) is 0. The first-order valence-corrected chi connectivity index (χ1v) is 5.89. The first kappa shape index (κ1) is 9.58. The topological polar surface area (TPSA) is 29.0 Å². The lowest BCUT2D eigenvalue weighted by atomic mass is 10.1. The molecule has 0 spiro atoms. The largest absolute Gasteiger partial charge is 0.357 e. The zero-order valence-corrected chi connectivity index (χ0v) is 9.26. The van der Waals surface area contributed by atoms with Crippen LogP contribution in [0.2, 0.25) is 0 Å². The summed E-state index contributed by atoms with van der Waals surface area (Å²) in [6.45, 7) is 2.26. The van der Waals surface area contributed by atoms with Gasteiger partial charge in [-0.15, -0.1) is 0 Å². The summed E-state index contributed by atoms with van der Waals surface area (Å²) in [4.78, 5) is 11.2. The third kappa shape index (κ3) is 1.73. The van der Waals surface area contributed by atoms with E-state index in [4.69, 9.17) is 0 Å². The number of hydrogen-bond acceptors (Lipinski definition) is 3. The molecular formula is C13H15N3. The van der Waals surface area contributed by atoms with Crippen LogP contribution in [-0.2, 0) is 0 Å². The summed E-state index contributed by atoms with van der Waals surface area (Å²) >= 11 is 0. The average Bonchev–Trinajstić information content (AvgIpc) is 2.39. The maximum Gasteiger partial charge on any atom is 0.130 e. The summed E-state index contributed by atoms with van der Waals surface area (Å²) in [6.07, 6.45) is 7.67. The van der Waals surface area contributed by atoms with Gasteiger partial charge in [-0.05, 0) is 31.4 Å². The zero-order chi connectivity index (χ0) is 10.8. The number of fused-ring (bicyclic) bond motifs is 1. The van der Waals surface area contributed by atoms with Gasteiger partial charge < -0.3 is 4.90 Å². The minimum Gasteiger partial charge on any atom is -0.357 e. The van der Waals surface area contributed by atoms with E-state index in [1.54, 1.807) is 0 Å². The van der Waals surface area contributed by atoms with Crippen molar-refractivity contribution in [3.05, 3.63) is 30.6 Å². The maximum absolute atomic E-state index is 4.52. The van der Waals surface area contributed by atoms with Gasteiger partial charge in [0.05, 0.1) is 5.52 Å². The Bertz CT molecular complexity index is 489. The van der Waals surface area contributed by atoms with Gasteiger partial charge in [-0.1, -0.05) is 0 Å². The van der Waals surface area contributed by atoms with E-state index in [1.807, 2.05) is 18.5 Å². The fourth-order valence-corrected chi connectivity index (χ4v) is 2.25. The van der Waals surface area contributed by atoms with Crippen LogP contribution >= 0.6 is 0 Å². The molecule has 2 aromatic heterocycles. The number of hydrogen-bond donors (Lipinski definition) is 0. The van der Waals surface area contributed by atoms with Crippen LogP contribution in [0.1, 0.15) is 19.3 Å². The smallest absolute Gasteiger partial charge is 0.130 e. The maximum atomic E-state index is 4.52. The highest BCUT2D eigenvalue weighted by molar-refractivity contribution is 5.79. The quantitative estimate of drug-likeness (QED) is 0.729. The van der Waals surface area contributed by atoms with Gasteiger partial charge in [0.25, 0.3) is 0 Å². The van der Waals surface area contributed by atoms with Gasteiger partial charge in [-0.2, -0.15) is 0 Å². The molecule has 0 saturated carbocycles. The van der Waals surface area contributed by atoms with Crippen molar-refractivity contribution in [3.63, 3.8) is 0 Å². The molecule has 0 atom stereocenters. The lowest BCUT2D eigenvalue weighted by Crippen LogP contribution is -2.30. The number of piperidine rings is 1. The van der Waals surface area contributed by atoms with Crippen molar-refractivity contribution < 1.29 is 0 Å². The third-order valence-corrected chi connectivity index (χ3v) is 3.15. The standard InChI is InChI=1S/C13H15N3/c1-2-7-16(8-3-1)13-9-12-11(10-15-13)5-4-6-14-12/h4-6,9-10H,1-3,7-8H2. The molecule has 1 saturated heterocycles. The summed E-state index contributed by atoms with van der Waals surface area (Å²) in [5, 5.41) is 1.11. The Labute approximate surface area is 95.1 Å². The van der Waals surface area contributed by atoms with Crippen molar-refractivity contribution >= 4 is 16.7 Å². The fourth-order valence-electron chi connectivity index (χ4n) is 2.25. The first-order valence-electron chi connectivity index (χ1n) is 5.89. The predicted molar refractivity (Wildman–Crippen MR) is 65.6 cm³/mol. The minimum atomic E-state index is 1.04. The van der Waals surface area contributed by atoms with Crippen LogP contribution in [0.5, 0.6) is 0 Å². The van der Waals surface area contributed by atoms with E-state index in [2.05, 4.69) is 27.0 Å². The number of rotatable bonds is 1. The van der Waals surface area contributed by atoms with Crippen LogP contribution in [0.3, 0.4) is 0 Å². The van der Waals surface area contributed by atoms with Gasteiger partial charge in [0.2, 0.25) is 0 Å². The van der Waals surface area contributed by atoms with Gasteiger partial charge >= 0.3 is 0 Å². The van der Waals surface area contributed by atoms with E-state index >= 15 is 0 Å². The fraction of sp³-hybridized carbons (Fsp3) is 0.385. The number of pyridine rings is 2. The molecule has 0 amide bonds. The Kier molecular flexibility index (Phi) is 2.44. The van der Waals surface area contributed by atoms with E-state index in [-0.39, 0.29) is 0 Å². The highest BCUT2D eigenvalue weighted by Crippen LogP contribution is 2.20. The number of aromatic nitrogens is 2. The molecular weight excluding hydrogens is 198 g/mol. The molecule has 3 heterocycles. The van der Waals surface area contributed by atoms with Gasteiger partial charge in [-0.25, -0.2) is 4.98 Å². The average molecular weight is 213 g/mol. The molecule has 0 unspecified atom stereocenters. The highest BCUT2D eigenvalue weighted by Gasteiger charge is 2.12. The molecule has 1 aliphatic heterocycles. The van der Waals surface area contributed by atoms with E-state index in [0.717, 1.165) is 29.8 Å². The van der Waals surface area contributed by atoms with Crippen LogP contribution in [-0.4, -0.2) is 23.1 Å². The normalized spacial score (nSPS) is 16.6. The Morgan fingerprint density at radius 2 is 1.94 bits per heavy atom. The van der Waals surface area contributed by atoms with Gasteiger partial charge in [0, 0.05) is 36.9 Å². The summed E-state index contributed by atoms with van der Waals surface area (Å²) < 4.78 is 0. The van der Waals surface area contributed by atoms with Crippen molar-refractivity contribution in [1.82, 2.24) is 9.97 Å². The van der Waals surface area contributed by atoms with E-state index in [0.29, 0.717) is 0 Å². The molecule has 16 heavy (non-hydrogen) atoms. The molecule has 3 heteroatoms. The van der Waals surface area contributed by atoms with Crippen molar-refractivity contribution in [1.29, 1.82) is 0 Å². The molecule has 82 valence electrons. The summed E-state index contributed by atoms with van der Waals surface area (Å²) in [6, 6.07) is 6.10. The van der Waals surface area contributed by atoms with E-state index in [1.165, 1.54) is 19.3 Å². The predicted octanol–water partition coefficient (Wildman–Crippen LogP) is 2.62. The minimum absolute atomic E-state index is 1.04. The highest BCUT2D eigenvalue weighted by atomic mass is 15.2. The second-order valence-corrected chi connectivity index (χ2v) is 4.29. The Morgan fingerprint density at radius 1 is 1.06 bits per heavy atom. The molecule has 1 fully saturated rings. The van der Waals surface area contributed by atoms with Crippen LogP contribution < -0.4 is 4.90 Å². The first-order chi connectivity index (χ1) is 7.93. The molecule has 3 rings (SSSR count). The summed E-state index contributed by atoms with van der Waals surface area (Å²) in [5.74, 6) is 1.07. The SMILES string of the molecule is c1cnc2cc(N3CCCCC3)ncc2c1. The van der Waals surface area contributed by atoms with Crippen LogP contribution in [0.25, 0.3) is 10.9 Å². The Hall–Kier alpha value is -1.64. The molecule has 0 radical (unpaired) electrons. The second-order valence-electron chi connectivity index (χ2n) is 4.29. The number of nitrogens with zero attached hydrogens (tertiary/aromatic N) is 3. The lowest BCUT2D eigenvalue weighted by molar-refractivity contribution is 0.574. The molecule has 0 N–H and O–H groups in total. The molecule has 0 aliphatic carbocycles. The van der Waals surface area contributed by atoms with Crippen molar-refractivity contribution in [3.8, 4) is 0 Å². The molecule has 0 aromatic carbocycles. The van der Waals surface area contributed by atoms with Crippen LogP contribution in [0, 0.1) is 0 Å². The Morgan fingerprint density at radius 3 is 2.81 bits per heavy atom.